The van der Waals surface area contributed by atoms with Crippen molar-refractivity contribution in [2.45, 2.75) is 0 Å². The van der Waals surface area contributed by atoms with Crippen molar-refractivity contribution < 1.29 is 4.68 Å². The molecule has 0 aliphatic heterocycles. The molecule has 0 fully saturated rings. The summed E-state index contributed by atoms with van der Waals surface area (Å²) in [5.74, 6) is 6.72. The fourth-order valence-electron chi connectivity index (χ4n) is 0.172. The minimum absolute atomic E-state index is 1.13. The predicted octanol–water partition coefficient (Wildman–Crippen LogP) is 1.23. The zero-order valence-electron chi connectivity index (χ0n) is 4.18. The van der Waals surface area contributed by atoms with Gasteiger partial charge in [0.2, 0.25) is 0 Å². The van der Waals surface area contributed by atoms with E-state index in [-0.39, 0.29) is 0 Å². The third-order valence-electron chi connectivity index (χ3n) is 0.406. The quantitative estimate of drug-likeness (QED) is 0.269. The molecule has 0 amide bonds. The fraction of sp³-hybridized carbons (Fsp3) is 0.250. The maximum Gasteiger partial charge on any atom is 0.156 e. The lowest BCUT2D eigenvalue weighted by Crippen LogP contribution is -1.88. The number of rotatable bonds is 1. The molecule has 3 nitrogen and oxygen atoms in total. The number of nitrogens with zero attached hydrogens (tertiary/aromatic N) is 1. The van der Waals surface area contributed by atoms with E-state index in [1.54, 1.807) is 7.05 Å². The first kappa shape index (κ1) is 6.01. The van der Waals surface area contributed by atoms with Gasteiger partial charge in [-0.25, -0.2) is 0 Å². The maximum absolute atomic E-state index is 6.72. The van der Waals surface area contributed by atoms with Crippen LogP contribution in [0, 0.1) is 0 Å². The Morgan fingerprint density at radius 1 is 1.57 bits per heavy atom. The van der Waals surface area contributed by atoms with Crippen molar-refractivity contribution in [2.24, 2.45) is 0 Å². The van der Waals surface area contributed by atoms with Gasteiger partial charge in [-0.2, -0.15) is 6.20 Å². The molecule has 0 saturated heterocycles. The Balaban J connectivity index is 3.46. The van der Waals surface area contributed by atoms with Gasteiger partial charge in [-0.05, 0) is 6.08 Å². The van der Waals surface area contributed by atoms with Gasteiger partial charge in [0.05, 0.1) is 0 Å². The van der Waals surface area contributed by atoms with Gasteiger partial charge in [0.25, 0.3) is 0 Å². The molecule has 0 unspecified atom stereocenters. The van der Waals surface area contributed by atoms with Crippen LogP contribution in [-0.4, -0.2) is 17.9 Å². The highest BCUT2D eigenvalue weighted by Crippen LogP contribution is 1.65. The smallest absolute Gasteiger partial charge is 0.156 e. The van der Waals surface area contributed by atoms with Crippen LogP contribution in [0.5, 0.6) is 0 Å². The first-order valence-corrected chi connectivity index (χ1v) is 1.88. The topological polar surface area (TPSA) is 50.6 Å². The SMILES string of the molecule is C[N+]([NH-])=CC=C[NH-]. The average molecular weight is 98.1 g/mol. The first-order chi connectivity index (χ1) is 3.27. The zero-order chi connectivity index (χ0) is 5.70. The summed E-state index contributed by atoms with van der Waals surface area (Å²) in [5.41, 5.74) is 6.47. The van der Waals surface area contributed by atoms with Crippen LogP contribution in [0.1, 0.15) is 0 Å². The second kappa shape index (κ2) is 3.21. The number of hydrogen-bond donors (Lipinski definition) is 0. The van der Waals surface area contributed by atoms with E-state index in [1.807, 2.05) is 0 Å². The van der Waals surface area contributed by atoms with Gasteiger partial charge in [0.15, 0.2) is 6.21 Å². The van der Waals surface area contributed by atoms with Gasteiger partial charge in [0.1, 0.15) is 7.05 Å². The molecule has 0 aliphatic carbocycles. The molecule has 0 aromatic heterocycles. The molecule has 2 N–H and O–H groups in total. The molecule has 0 atom stereocenters. The van der Waals surface area contributed by atoms with Gasteiger partial charge in [-0.1, -0.05) is 0 Å². The Morgan fingerprint density at radius 3 is 2.29 bits per heavy atom. The van der Waals surface area contributed by atoms with Crippen molar-refractivity contribution in [2.75, 3.05) is 7.05 Å². The molecular formula is C4H8N3-. The fourth-order valence-corrected chi connectivity index (χ4v) is 0.172. The maximum atomic E-state index is 6.72. The highest BCUT2D eigenvalue weighted by atomic mass is 15.3. The second-order valence-corrected chi connectivity index (χ2v) is 1.12. The Labute approximate surface area is 42.9 Å². The summed E-state index contributed by atoms with van der Waals surface area (Å²) in [6, 6.07) is 0. The van der Waals surface area contributed by atoms with E-state index in [2.05, 4.69) is 0 Å². The largest absolute Gasteiger partial charge is 0.705 e. The summed E-state index contributed by atoms with van der Waals surface area (Å²) in [4.78, 5) is 0. The molecule has 0 radical (unpaired) electrons. The van der Waals surface area contributed by atoms with Gasteiger partial charge >= 0.3 is 0 Å². The zero-order valence-corrected chi connectivity index (χ0v) is 4.18. The van der Waals surface area contributed by atoms with Crippen LogP contribution in [0.2, 0.25) is 0 Å². The third-order valence-corrected chi connectivity index (χ3v) is 0.406. The third kappa shape index (κ3) is 5.01. The minimum atomic E-state index is 1.13. The van der Waals surface area contributed by atoms with E-state index < -0.39 is 0 Å². The Kier molecular flexibility index (Phi) is 2.76. The minimum Gasteiger partial charge on any atom is -0.705 e. The van der Waals surface area contributed by atoms with Crippen LogP contribution >= 0.6 is 0 Å². The Bertz CT molecular complexity index is 89.1. The summed E-state index contributed by atoms with van der Waals surface area (Å²) in [5, 5.41) is 0. The van der Waals surface area contributed by atoms with E-state index in [9.17, 15) is 0 Å². The highest BCUT2D eigenvalue weighted by Gasteiger charge is 1.62. The number of allylic oxidation sites excluding steroid dienone is 1. The van der Waals surface area contributed by atoms with Crippen LogP contribution in [0.3, 0.4) is 0 Å². The molecule has 0 rings (SSSR count). The molecule has 40 valence electrons. The molecule has 0 aromatic rings. The van der Waals surface area contributed by atoms with Gasteiger partial charge in [0, 0.05) is 0 Å². The standard InChI is InChI=1S/C4H8N3/c1-7(6)4-2-3-5/h2-6H,1H3/q-1. The lowest BCUT2D eigenvalue weighted by atomic mass is 10.7. The molecule has 0 aromatic carbocycles. The lowest BCUT2D eigenvalue weighted by Gasteiger charge is -1.88. The van der Waals surface area contributed by atoms with Crippen molar-refractivity contribution in [3.8, 4) is 0 Å². The van der Waals surface area contributed by atoms with Crippen molar-refractivity contribution in [3.63, 3.8) is 0 Å². The summed E-state index contributed by atoms with van der Waals surface area (Å²) in [6.07, 6.45) is 4.09. The van der Waals surface area contributed by atoms with E-state index in [0.29, 0.717) is 0 Å². The van der Waals surface area contributed by atoms with Crippen molar-refractivity contribution in [1.82, 2.24) is 0 Å². The highest BCUT2D eigenvalue weighted by molar-refractivity contribution is 5.66. The van der Waals surface area contributed by atoms with Crippen molar-refractivity contribution in [3.05, 3.63) is 23.9 Å². The molecular weight excluding hydrogens is 90.1 g/mol. The molecule has 0 bridgehead atoms. The second-order valence-electron chi connectivity index (χ2n) is 1.12. The summed E-state index contributed by atoms with van der Waals surface area (Å²) in [7, 11) is 1.58. The molecule has 0 heterocycles. The van der Waals surface area contributed by atoms with Crippen LogP contribution in [0.15, 0.2) is 12.3 Å². The monoisotopic (exact) mass is 98.1 g/mol. The number of hydrogen-bond acceptors (Lipinski definition) is 0. The van der Waals surface area contributed by atoms with Gasteiger partial charge < -0.3 is 11.6 Å². The van der Waals surface area contributed by atoms with Gasteiger partial charge in [-0.3, -0.25) is 4.68 Å². The Morgan fingerprint density at radius 2 is 2.14 bits per heavy atom. The van der Waals surface area contributed by atoms with Crippen molar-refractivity contribution >= 4 is 6.21 Å². The summed E-state index contributed by atoms with van der Waals surface area (Å²) < 4.78 is 1.13. The average Bonchev–Trinajstić information content (AvgIpc) is 1.61. The van der Waals surface area contributed by atoms with Gasteiger partial charge in [-0.15, -0.1) is 0 Å². The van der Waals surface area contributed by atoms with E-state index in [4.69, 9.17) is 11.6 Å². The van der Waals surface area contributed by atoms with Crippen LogP contribution in [0.25, 0.3) is 11.6 Å². The molecule has 0 saturated carbocycles. The Hall–Kier alpha value is -0.990. The molecule has 3 heteroatoms. The van der Waals surface area contributed by atoms with Crippen LogP contribution < -0.4 is 0 Å². The van der Waals surface area contributed by atoms with Crippen LogP contribution in [-0.2, 0) is 0 Å². The summed E-state index contributed by atoms with van der Waals surface area (Å²) >= 11 is 0. The normalized spacial score (nSPS) is 13.0. The molecule has 0 aliphatic rings. The van der Waals surface area contributed by atoms with E-state index >= 15 is 0 Å². The molecule has 0 spiro atoms. The van der Waals surface area contributed by atoms with Crippen LogP contribution in [0.4, 0.5) is 0 Å². The lowest BCUT2D eigenvalue weighted by molar-refractivity contribution is -0.417. The molecule has 7 heavy (non-hydrogen) atoms. The number of nitrogens with one attached hydrogen (secondary N) is 2. The first-order valence-electron chi connectivity index (χ1n) is 1.88. The van der Waals surface area contributed by atoms with Crippen molar-refractivity contribution in [1.29, 1.82) is 0 Å². The van der Waals surface area contributed by atoms with E-state index in [0.717, 1.165) is 10.9 Å². The summed E-state index contributed by atoms with van der Waals surface area (Å²) in [6.45, 7) is 0. The predicted molar refractivity (Wildman–Crippen MR) is 30.0 cm³/mol. The van der Waals surface area contributed by atoms with E-state index in [1.165, 1.54) is 12.3 Å².